The zero-order chi connectivity index (χ0) is 17.8. The molecule has 0 radical (unpaired) electrons. The number of ether oxygens (including phenoxy) is 2. The van der Waals surface area contributed by atoms with Gasteiger partial charge in [0.2, 0.25) is 6.79 Å². The molecule has 134 valence electrons. The van der Waals surface area contributed by atoms with Gasteiger partial charge in [-0.1, -0.05) is 31.4 Å². The van der Waals surface area contributed by atoms with E-state index in [2.05, 4.69) is 4.98 Å². The molecule has 1 saturated carbocycles. The van der Waals surface area contributed by atoms with Crippen molar-refractivity contribution in [2.75, 3.05) is 11.7 Å². The maximum Gasteiger partial charge on any atom is 0.252 e. The van der Waals surface area contributed by atoms with Crippen molar-refractivity contribution in [1.29, 1.82) is 0 Å². The monoisotopic (exact) mass is 350 g/mol. The van der Waals surface area contributed by atoms with Gasteiger partial charge in [-0.25, -0.2) is 4.98 Å². The number of carbonyl (C=O) groups excluding carboxylic acids is 1. The van der Waals surface area contributed by atoms with Crippen molar-refractivity contribution in [2.45, 2.75) is 38.1 Å². The van der Waals surface area contributed by atoms with Crippen LogP contribution in [0.25, 0.3) is 6.08 Å². The predicted molar refractivity (Wildman–Crippen MR) is 100 cm³/mol. The van der Waals surface area contributed by atoms with Crippen LogP contribution >= 0.6 is 0 Å². The van der Waals surface area contributed by atoms with E-state index in [4.69, 9.17) is 9.47 Å². The molecular formula is C21H22N2O3. The molecule has 2 aliphatic rings. The van der Waals surface area contributed by atoms with E-state index in [0.29, 0.717) is 5.75 Å². The Bertz CT molecular complexity index is 798. The smallest absolute Gasteiger partial charge is 0.252 e. The number of aromatic nitrogens is 1. The molecule has 1 aliphatic heterocycles. The summed E-state index contributed by atoms with van der Waals surface area (Å²) in [6.07, 6.45) is 10.8. The highest BCUT2D eigenvalue weighted by Gasteiger charge is 2.26. The number of rotatable bonds is 4. The lowest BCUT2D eigenvalue weighted by molar-refractivity contribution is -0.114. The minimum atomic E-state index is -0.0340. The topological polar surface area (TPSA) is 51.7 Å². The fraction of sp³-hybridized carbons (Fsp3) is 0.333. The molecular weight excluding hydrogens is 328 g/mol. The number of nitrogens with zero attached hydrogens (tertiary/aromatic N) is 2. The second-order valence-corrected chi connectivity index (χ2v) is 6.63. The maximum atomic E-state index is 13.0. The van der Waals surface area contributed by atoms with E-state index in [1.165, 1.54) is 6.42 Å². The van der Waals surface area contributed by atoms with Gasteiger partial charge in [-0.15, -0.1) is 0 Å². The highest BCUT2D eigenvalue weighted by molar-refractivity contribution is 6.03. The minimum absolute atomic E-state index is 0.0340. The molecule has 1 aromatic carbocycles. The summed E-state index contributed by atoms with van der Waals surface area (Å²) in [5.41, 5.74) is 0.909. The van der Waals surface area contributed by atoms with Crippen LogP contribution in [0.15, 0.2) is 48.7 Å². The highest BCUT2D eigenvalue weighted by atomic mass is 16.7. The summed E-state index contributed by atoms with van der Waals surface area (Å²) in [6.45, 7) is 0.247. The molecule has 26 heavy (non-hydrogen) atoms. The molecule has 0 spiro atoms. The third-order valence-electron chi connectivity index (χ3n) is 4.89. The zero-order valence-corrected chi connectivity index (χ0v) is 14.6. The second kappa shape index (κ2) is 7.60. The average Bonchev–Trinajstić information content (AvgIpc) is 3.16. The van der Waals surface area contributed by atoms with Gasteiger partial charge < -0.3 is 9.47 Å². The van der Waals surface area contributed by atoms with E-state index in [1.807, 2.05) is 47.4 Å². The Morgan fingerprint density at radius 2 is 1.92 bits per heavy atom. The summed E-state index contributed by atoms with van der Waals surface area (Å²) >= 11 is 0. The van der Waals surface area contributed by atoms with Crippen LogP contribution in [0.1, 0.15) is 37.7 Å². The van der Waals surface area contributed by atoms with E-state index in [0.717, 1.165) is 42.8 Å². The Morgan fingerprint density at radius 1 is 1.08 bits per heavy atom. The molecule has 2 heterocycles. The van der Waals surface area contributed by atoms with Gasteiger partial charge in [-0.3, -0.25) is 9.69 Å². The van der Waals surface area contributed by atoms with Gasteiger partial charge in [0.15, 0.2) is 11.5 Å². The lowest BCUT2D eigenvalue weighted by Crippen LogP contribution is -2.41. The molecule has 5 nitrogen and oxygen atoms in total. The van der Waals surface area contributed by atoms with Crippen LogP contribution in [-0.4, -0.2) is 23.7 Å². The normalized spacial score (nSPS) is 16.8. The van der Waals surface area contributed by atoms with Crippen LogP contribution < -0.4 is 14.4 Å². The lowest BCUT2D eigenvalue weighted by atomic mass is 9.94. The number of hydrogen-bond acceptors (Lipinski definition) is 4. The van der Waals surface area contributed by atoms with Crippen LogP contribution in [0.4, 0.5) is 5.82 Å². The Morgan fingerprint density at radius 3 is 2.73 bits per heavy atom. The Labute approximate surface area is 153 Å². The van der Waals surface area contributed by atoms with Crippen molar-refractivity contribution in [3.8, 4) is 11.5 Å². The van der Waals surface area contributed by atoms with Crippen molar-refractivity contribution in [3.05, 3.63) is 54.2 Å². The summed E-state index contributed by atoms with van der Waals surface area (Å²) < 4.78 is 10.7. The largest absolute Gasteiger partial charge is 0.454 e. The van der Waals surface area contributed by atoms with E-state index in [-0.39, 0.29) is 18.7 Å². The van der Waals surface area contributed by atoms with Crippen molar-refractivity contribution >= 4 is 17.8 Å². The van der Waals surface area contributed by atoms with Gasteiger partial charge in [0.1, 0.15) is 5.82 Å². The number of benzene rings is 1. The van der Waals surface area contributed by atoms with Gasteiger partial charge in [-0.05, 0) is 48.7 Å². The second-order valence-electron chi connectivity index (χ2n) is 6.63. The number of fused-ring (bicyclic) bond motifs is 1. The first-order valence-corrected chi connectivity index (χ1v) is 9.13. The van der Waals surface area contributed by atoms with Gasteiger partial charge >= 0.3 is 0 Å². The van der Waals surface area contributed by atoms with E-state index in [1.54, 1.807) is 12.3 Å². The fourth-order valence-electron chi connectivity index (χ4n) is 3.58. The number of amides is 1. The highest BCUT2D eigenvalue weighted by Crippen LogP contribution is 2.33. The van der Waals surface area contributed by atoms with Gasteiger partial charge in [0.05, 0.1) is 0 Å². The fourth-order valence-corrected chi connectivity index (χ4v) is 3.58. The van der Waals surface area contributed by atoms with Crippen LogP contribution in [0.5, 0.6) is 11.5 Å². The molecule has 2 aromatic rings. The average molecular weight is 350 g/mol. The summed E-state index contributed by atoms with van der Waals surface area (Å²) in [7, 11) is 0. The zero-order valence-electron chi connectivity index (χ0n) is 14.6. The van der Waals surface area contributed by atoms with Crippen LogP contribution in [-0.2, 0) is 4.79 Å². The van der Waals surface area contributed by atoms with E-state index in [9.17, 15) is 4.79 Å². The van der Waals surface area contributed by atoms with Crippen LogP contribution in [0.3, 0.4) is 0 Å². The first-order valence-electron chi connectivity index (χ1n) is 9.13. The molecule has 4 rings (SSSR count). The molecule has 0 atom stereocenters. The molecule has 0 bridgehead atoms. The van der Waals surface area contributed by atoms with Crippen LogP contribution in [0, 0.1) is 0 Å². The number of hydrogen-bond donors (Lipinski definition) is 0. The first-order chi connectivity index (χ1) is 12.8. The third-order valence-corrected chi connectivity index (χ3v) is 4.89. The Balaban J connectivity index is 1.56. The predicted octanol–water partition coefficient (Wildman–Crippen LogP) is 4.19. The van der Waals surface area contributed by atoms with Gasteiger partial charge in [-0.2, -0.15) is 0 Å². The summed E-state index contributed by atoms with van der Waals surface area (Å²) in [5.74, 6) is 2.15. The molecule has 0 saturated heterocycles. The minimum Gasteiger partial charge on any atom is -0.454 e. The molecule has 1 amide bonds. The van der Waals surface area contributed by atoms with E-state index < -0.39 is 0 Å². The lowest BCUT2D eigenvalue weighted by Gasteiger charge is -2.32. The molecule has 1 aliphatic carbocycles. The van der Waals surface area contributed by atoms with E-state index >= 15 is 0 Å². The van der Waals surface area contributed by atoms with Crippen molar-refractivity contribution in [1.82, 2.24) is 4.98 Å². The molecule has 5 heteroatoms. The van der Waals surface area contributed by atoms with Gasteiger partial charge in [0, 0.05) is 18.3 Å². The van der Waals surface area contributed by atoms with Crippen LogP contribution in [0.2, 0.25) is 0 Å². The number of anilines is 1. The van der Waals surface area contributed by atoms with Gasteiger partial charge in [0.25, 0.3) is 5.91 Å². The molecule has 1 aromatic heterocycles. The quantitative estimate of drug-likeness (QED) is 0.776. The van der Waals surface area contributed by atoms with Crippen molar-refractivity contribution in [2.24, 2.45) is 0 Å². The Hall–Kier alpha value is -2.82. The van der Waals surface area contributed by atoms with Crippen molar-refractivity contribution < 1.29 is 14.3 Å². The number of carbonyl (C=O) groups is 1. The maximum absolute atomic E-state index is 13.0. The first kappa shape index (κ1) is 16.6. The molecule has 0 unspecified atom stereocenters. The SMILES string of the molecule is O=C(/C=C/c1ccc2c(c1)OCO2)N(c1ccccn1)C1CCCCC1. The standard InChI is InChI=1S/C21H22N2O3/c24-21(12-10-16-9-11-18-19(14-16)26-15-25-18)23(17-6-2-1-3-7-17)20-8-4-5-13-22-20/h4-5,8-14,17H,1-3,6-7,15H2/b12-10+. The summed E-state index contributed by atoms with van der Waals surface area (Å²) in [5, 5.41) is 0. The summed E-state index contributed by atoms with van der Waals surface area (Å²) in [6, 6.07) is 11.6. The molecule has 1 fully saturated rings. The van der Waals surface area contributed by atoms with Crippen molar-refractivity contribution in [3.63, 3.8) is 0 Å². The molecule has 0 N–H and O–H groups in total. The number of pyridine rings is 1. The third kappa shape index (κ3) is 3.57. The Kier molecular flexibility index (Phi) is 4.86. The summed E-state index contributed by atoms with van der Waals surface area (Å²) in [4.78, 5) is 19.3.